The lowest BCUT2D eigenvalue weighted by Gasteiger charge is -2.33. The van der Waals surface area contributed by atoms with E-state index < -0.39 is 19.8 Å². The number of aromatic nitrogens is 4. The monoisotopic (exact) mass is 461 g/mol. The standard InChI is InChI=1S/C20H24N5O6P/c1-30-19-18-14(10-22-25(20(18)27)17(26)9-15-11-21-12-31-15)8-16(23-19)24-5-2-13(3-6-24)4-7-32(28)29/h8,10-13,28-29H,2-7,9H2,1H3. The molecule has 2 N–H and O–H groups in total. The van der Waals surface area contributed by atoms with Gasteiger partial charge in [-0.1, -0.05) is 0 Å². The minimum atomic E-state index is -1.84. The van der Waals surface area contributed by atoms with Gasteiger partial charge >= 0.3 is 0 Å². The first-order valence-electron chi connectivity index (χ1n) is 10.2. The minimum Gasteiger partial charge on any atom is -0.480 e. The zero-order valence-electron chi connectivity index (χ0n) is 17.5. The van der Waals surface area contributed by atoms with Crippen molar-refractivity contribution in [2.75, 3.05) is 31.3 Å². The van der Waals surface area contributed by atoms with Gasteiger partial charge < -0.3 is 23.8 Å². The summed E-state index contributed by atoms with van der Waals surface area (Å²) in [6, 6.07) is 1.78. The van der Waals surface area contributed by atoms with Crippen LogP contribution in [-0.4, -0.2) is 61.8 Å². The maximum Gasteiger partial charge on any atom is 0.287 e. The summed E-state index contributed by atoms with van der Waals surface area (Å²) >= 11 is 0. The summed E-state index contributed by atoms with van der Waals surface area (Å²) in [4.78, 5) is 54.2. The van der Waals surface area contributed by atoms with Gasteiger partial charge in [0.2, 0.25) is 5.88 Å². The molecule has 12 heteroatoms. The number of ether oxygens (including phenoxy) is 1. The first kappa shape index (κ1) is 22.3. The fourth-order valence-corrected chi connectivity index (χ4v) is 4.51. The molecule has 0 aromatic carbocycles. The molecule has 32 heavy (non-hydrogen) atoms. The van der Waals surface area contributed by atoms with Gasteiger partial charge in [-0.05, 0) is 31.2 Å². The van der Waals surface area contributed by atoms with Crippen molar-refractivity contribution in [2.24, 2.45) is 5.92 Å². The molecule has 0 spiro atoms. The van der Waals surface area contributed by atoms with Crippen molar-refractivity contribution in [2.45, 2.75) is 25.7 Å². The lowest BCUT2D eigenvalue weighted by molar-refractivity contribution is 0.0886. The number of carbonyl (C=O) groups excluding carboxylic acids is 1. The highest BCUT2D eigenvalue weighted by atomic mass is 31.2. The number of carbonyl (C=O) groups is 1. The number of oxazole rings is 1. The molecule has 3 aromatic rings. The van der Waals surface area contributed by atoms with Crippen LogP contribution in [0.3, 0.4) is 0 Å². The van der Waals surface area contributed by atoms with Gasteiger partial charge in [-0.2, -0.15) is 14.8 Å². The molecule has 1 fully saturated rings. The highest BCUT2D eigenvalue weighted by Gasteiger charge is 2.23. The Balaban J connectivity index is 1.57. The number of fused-ring (bicyclic) bond motifs is 1. The smallest absolute Gasteiger partial charge is 0.287 e. The summed E-state index contributed by atoms with van der Waals surface area (Å²) < 4.78 is 11.3. The van der Waals surface area contributed by atoms with Gasteiger partial charge in [0.05, 0.1) is 25.9 Å². The van der Waals surface area contributed by atoms with E-state index in [4.69, 9.17) is 18.9 Å². The highest BCUT2D eigenvalue weighted by Crippen LogP contribution is 2.32. The maximum atomic E-state index is 13.0. The van der Waals surface area contributed by atoms with Crippen LogP contribution < -0.4 is 15.2 Å². The number of piperidine rings is 1. The van der Waals surface area contributed by atoms with Crippen molar-refractivity contribution in [3.63, 3.8) is 0 Å². The van der Waals surface area contributed by atoms with E-state index in [2.05, 4.69) is 20.0 Å². The van der Waals surface area contributed by atoms with Crippen LogP contribution in [0.15, 0.2) is 34.1 Å². The van der Waals surface area contributed by atoms with E-state index in [1.54, 1.807) is 6.07 Å². The number of methoxy groups -OCH3 is 1. The molecule has 11 nitrogen and oxygen atoms in total. The number of anilines is 1. The first-order chi connectivity index (χ1) is 15.5. The second-order valence-electron chi connectivity index (χ2n) is 7.67. The van der Waals surface area contributed by atoms with Gasteiger partial charge in [-0.15, -0.1) is 0 Å². The Kier molecular flexibility index (Phi) is 6.78. The van der Waals surface area contributed by atoms with Crippen molar-refractivity contribution >= 4 is 30.9 Å². The predicted octanol–water partition coefficient (Wildman–Crippen LogP) is 1.57. The second-order valence-corrected chi connectivity index (χ2v) is 8.86. The van der Waals surface area contributed by atoms with Crippen LogP contribution in [0.1, 0.15) is 29.8 Å². The number of hydrogen-bond acceptors (Lipinski definition) is 10. The Labute approximate surface area is 184 Å². The van der Waals surface area contributed by atoms with E-state index in [0.29, 0.717) is 29.0 Å². The van der Waals surface area contributed by atoms with Crippen LogP contribution in [0.2, 0.25) is 0 Å². The molecule has 0 aliphatic carbocycles. The summed E-state index contributed by atoms with van der Waals surface area (Å²) in [5.74, 6) is 1.05. The Bertz CT molecular complexity index is 1140. The topological polar surface area (TPSA) is 144 Å². The zero-order valence-corrected chi connectivity index (χ0v) is 18.4. The van der Waals surface area contributed by atoms with Crippen LogP contribution >= 0.6 is 8.38 Å². The minimum absolute atomic E-state index is 0.138. The van der Waals surface area contributed by atoms with E-state index in [1.807, 2.05) is 0 Å². The molecule has 1 aliphatic heterocycles. The summed E-state index contributed by atoms with van der Waals surface area (Å²) in [7, 11) is -0.412. The van der Waals surface area contributed by atoms with Gasteiger partial charge in [0.25, 0.3) is 11.5 Å². The summed E-state index contributed by atoms with van der Waals surface area (Å²) in [6.07, 6.45) is 7.02. The lowest BCUT2D eigenvalue weighted by atomic mass is 9.94. The normalized spacial score (nSPS) is 14.9. The fraction of sp³-hybridized carbons (Fsp3) is 0.450. The quantitative estimate of drug-likeness (QED) is 0.498. The molecule has 0 bridgehead atoms. The SMILES string of the molecule is COc1nc(N2CCC(CCP(O)O)CC2)cc2cnn(C(=O)Cc3cnco3)c(=O)c12. The molecule has 0 amide bonds. The van der Waals surface area contributed by atoms with E-state index in [1.165, 1.54) is 25.9 Å². The molecule has 4 rings (SSSR count). The van der Waals surface area contributed by atoms with Crippen molar-refractivity contribution in [3.05, 3.63) is 41.0 Å². The van der Waals surface area contributed by atoms with Crippen molar-refractivity contribution in [3.8, 4) is 5.88 Å². The van der Waals surface area contributed by atoms with Crippen LogP contribution in [0.5, 0.6) is 5.88 Å². The van der Waals surface area contributed by atoms with Crippen LogP contribution in [-0.2, 0) is 6.42 Å². The first-order valence-corrected chi connectivity index (χ1v) is 11.7. The van der Waals surface area contributed by atoms with Gasteiger partial charge in [-0.3, -0.25) is 9.59 Å². The maximum absolute atomic E-state index is 13.0. The van der Waals surface area contributed by atoms with E-state index >= 15 is 0 Å². The third kappa shape index (κ3) is 4.79. The Hall–Kier alpha value is -2.88. The molecule has 3 aromatic heterocycles. The van der Waals surface area contributed by atoms with E-state index in [9.17, 15) is 9.59 Å². The molecule has 1 aliphatic rings. The summed E-state index contributed by atoms with van der Waals surface area (Å²) in [5.41, 5.74) is -0.605. The number of rotatable bonds is 7. The van der Waals surface area contributed by atoms with Crippen molar-refractivity contribution in [1.29, 1.82) is 0 Å². The largest absolute Gasteiger partial charge is 0.480 e. The van der Waals surface area contributed by atoms with Crippen LogP contribution in [0, 0.1) is 5.92 Å². The Morgan fingerprint density at radius 3 is 2.75 bits per heavy atom. The fourth-order valence-electron chi connectivity index (χ4n) is 3.91. The van der Waals surface area contributed by atoms with Gasteiger partial charge in [0.1, 0.15) is 17.0 Å². The second kappa shape index (κ2) is 9.72. The molecule has 1 saturated heterocycles. The number of hydrogen-bond donors (Lipinski definition) is 2. The molecule has 4 heterocycles. The molecular formula is C20H24N5O6P. The highest BCUT2D eigenvalue weighted by molar-refractivity contribution is 7.45. The third-order valence-electron chi connectivity index (χ3n) is 5.64. The van der Waals surface area contributed by atoms with E-state index in [0.717, 1.165) is 37.0 Å². The van der Waals surface area contributed by atoms with Crippen LogP contribution in [0.4, 0.5) is 5.82 Å². The average molecular weight is 461 g/mol. The summed E-state index contributed by atoms with van der Waals surface area (Å²) in [6.45, 7) is 1.53. The van der Waals surface area contributed by atoms with Gasteiger partial charge in [-0.25, -0.2) is 4.98 Å². The molecular weight excluding hydrogens is 437 g/mol. The van der Waals surface area contributed by atoms with Gasteiger partial charge in [0, 0.05) is 24.6 Å². The number of nitrogens with zero attached hydrogens (tertiary/aromatic N) is 5. The average Bonchev–Trinajstić information content (AvgIpc) is 3.30. The molecule has 0 unspecified atom stereocenters. The summed E-state index contributed by atoms with van der Waals surface area (Å²) in [5, 5.41) is 4.77. The Morgan fingerprint density at radius 2 is 2.09 bits per heavy atom. The zero-order chi connectivity index (χ0) is 22.7. The van der Waals surface area contributed by atoms with Crippen molar-refractivity contribution in [1.82, 2.24) is 19.7 Å². The molecule has 0 saturated carbocycles. The predicted molar refractivity (Wildman–Crippen MR) is 117 cm³/mol. The third-order valence-corrected chi connectivity index (χ3v) is 6.29. The molecule has 0 atom stereocenters. The van der Waals surface area contributed by atoms with Gasteiger partial charge in [0.15, 0.2) is 14.8 Å². The number of pyridine rings is 1. The molecule has 0 radical (unpaired) electrons. The lowest BCUT2D eigenvalue weighted by Crippen LogP contribution is -2.35. The van der Waals surface area contributed by atoms with E-state index in [-0.39, 0.29) is 17.7 Å². The Morgan fingerprint density at radius 1 is 1.31 bits per heavy atom. The van der Waals surface area contributed by atoms with Crippen LogP contribution in [0.25, 0.3) is 10.8 Å². The molecule has 170 valence electrons. The van der Waals surface area contributed by atoms with Crippen molar-refractivity contribution < 1.29 is 23.7 Å².